The Labute approximate surface area is 106 Å². The molecular weight excluding hydrogens is 236 g/mol. The summed E-state index contributed by atoms with van der Waals surface area (Å²) in [5, 5.41) is 5.57. The van der Waals surface area contributed by atoms with Crippen LogP contribution in [0.3, 0.4) is 0 Å². The predicted molar refractivity (Wildman–Crippen MR) is 65.8 cm³/mol. The summed E-state index contributed by atoms with van der Waals surface area (Å²) in [4.78, 5) is 37.2. The lowest BCUT2D eigenvalue weighted by Gasteiger charge is -2.29. The first-order valence-electron chi connectivity index (χ1n) is 5.97. The van der Waals surface area contributed by atoms with Crippen molar-refractivity contribution in [1.29, 1.82) is 0 Å². The van der Waals surface area contributed by atoms with Gasteiger partial charge < -0.3 is 20.4 Å². The molecule has 2 N–H and O–H groups in total. The van der Waals surface area contributed by atoms with Gasteiger partial charge in [-0.15, -0.1) is 0 Å². The molecule has 0 unspecified atom stereocenters. The highest BCUT2D eigenvalue weighted by Gasteiger charge is 2.19. The van der Waals surface area contributed by atoms with Crippen LogP contribution in [-0.4, -0.2) is 73.8 Å². The van der Waals surface area contributed by atoms with Gasteiger partial charge in [0.1, 0.15) is 0 Å². The van der Waals surface area contributed by atoms with Crippen LogP contribution in [0.4, 0.5) is 0 Å². The Balaban J connectivity index is 2.33. The van der Waals surface area contributed by atoms with E-state index in [2.05, 4.69) is 10.6 Å². The zero-order valence-electron chi connectivity index (χ0n) is 10.9. The molecule has 0 bridgehead atoms. The van der Waals surface area contributed by atoms with Gasteiger partial charge in [0.25, 0.3) is 0 Å². The monoisotopic (exact) mass is 256 g/mol. The van der Waals surface area contributed by atoms with Crippen LogP contribution in [-0.2, 0) is 14.4 Å². The van der Waals surface area contributed by atoms with Gasteiger partial charge in [0.15, 0.2) is 0 Å². The van der Waals surface area contributed by atoms with Crippen LogP contribution in [0, 0.1) is 0 Å². The first kappa shape index (κ1) is 14.4. The fourth-order valence-corrected chi connectivity index (χ4v) is 1.64. The van der Waals surface area contributed by atoms with Gasteiger partial charge in [-0.3, -0.25) is 14.4 Å². The molecule has 1 aliphatic rings. The summed E-state index contributed by atoms with van der Waals surface area (Å²) >= 11 is 0. The van der Waals surface area contributed by atoms with Crippen LogP contribution >= 0.6 is 0 Å². The van der Waals surface area contributed by atoms with Crippen LogP contribution < -0.4 is 10.6 Å². The van der Waals surface area contributed by atoms with Crippen molar-refractivity contribution in [2.24, 2.45) is 0 Å². The van der Waals surface area contributed by atoms with Gasteiger partial charge in [-0.05, 0) is 0 Å². The fourth-order valence-electron chi connectivity index (χ4n) is 1.64. The molecule has 7 nitrogen and oxygen atoms in total. The lowest BCUT2D eigenvalue weighted by molar-refractivity contribution is -0.139. The quantitative estimate of drug-likeness (QED) is 0.610. The van der Waals surface area contributed by atoms with E-state index in [0.717, 1.165) is 13.1 Å². The first-order valence-corrected chi connectivity index (χ1v) is 5.97. The van der Waals surface area contributed by atoms with Crippen molar-refractivity contribution >= 4 is 17.7 Å². The van der Waals surface area contributed by atoms with E-state index in [-0.39, 0.29) is 30.8 Å². The van der Waals surface area contributed by atoms with Gasteiger partial charge in [0, 0.05) is 40.2 Å². The number of likely N-dealkylation sites (N-methyl/N-ethyl adjacent to an activating group) is 1. The summed E-state index contributed by atoms with van der Waals surface area (Å²) < 4.78 is 0. The maximum absolute atomic E-state index is 11.9. The summed E-state index contributed by atoms with van der Waals surface area (Å²) in [6.07, 6.45) is 0. The maximum Gasteiger partial charge on any atom is 0.242 e. The topological polar surface area (TPSA) is 81.8 Å². The molecule has 1 fully saturated rings. The van der Waals surface area contributed by atoms with E-state index < -0.39 is 0 Å². The minimum atomic E-state index is -0.270. The van der Waals surface area contributed by atoms with Crippen LogP contribution in [0.15, 0.2) is 0 Å². The van der Waals surface area contributed by atoms with Crippen LogP contribution in [0.2, 0.25) is 0 Å². The highest BCUT2D eigenvalue weighted by atomic mass is 16.2. The third-order valence-electron chi connectivity index (χ3n) is 2.76. The smallest absolute Gasteiger partial charge is 0.242 e. The number of hydrogen-bond acceptors (Lipinski definition) is 4. The third-order valence-corrected chi connectivity index (χ3v) is 2.76. The Morgan fingerprint density at radius 1 is 1.28 bits per heavy atom. The Hall–Kier alpha value is -1.63. The van der Waals surface area contributed by atoms with E-state index >= 15 is 0 Å². The summed E-state index contributed by atoms with van der Waals surface area (Å²) in [6.45, 7) is 4.25. The SMILES string of the molecule is CC(=O)NCC(=O)N(C)CC(=O)N1CCNCC1. The number of nitrogens with one attached hydrogen (secondary N) is 2. The highest BCUT2D eigenvalue weighted by molar-refractivity contribution is 5.87. The van der Waals surface area contributed by atoms with E-state index in [1.165, 1.54) is 11.8 Å². The van der Waals surface area contributed by atoms with Crippen LogP contribution in [0.1, 0.15) is 6.92 Å². The van der Waals surface area contributed by atoms with Gasteiger partial charge in [-0.1, -0.05) is 0 Å². The van der Waals surface area contributed by atoms with Gasteiger partial charge in [-0.2, -0.15) is 0 Å². The molecule has 1 heterocycles. The van der Waals surface area contributed by atoms with E-state index in [1.807, 2.05) is 0 Å². The van der Waals surface area contributed by atoms with Gasteiger partial charge in [-0.25, -0.2) is 0 Å². The molecule has 0 aromatic rings. The van der Waals surface area contributed by atoms with Crippen molar-refractivity contribution in [2.75, 3.05) is 46.3 Å². The minimum absolute atomic E-state index is 0.0540. The first-order chi connectivity index (χ1) is 8.50. The highest BCUT2D eigenvalue weighted by Crippen LogP contribution is 1.95. The van der Waals surface area contributed by atoms with E-state index in [1.54, 1.807) is 11.9 Å². The van der Waals surface area contributed by atoms with Crippen molar-refractivity contribution < 1.29 is 14.4 Å². The van der Waals surface area contributed by atoms with E-state index in [9.17, 15) is 14.4 Å². The van der Waals surface area contributed by atoms with Crippen LogP contribution in [0.25, 0.3) is 0 Å². The number of carbonyl (C=O) groups is 3. The second-order valence-corrected chi connectivity index (χ2v) is 4.29. The molecule has 1 aliphatic heterocycles. The number of hydrogen-bond donors (Lipinski definition) is 2. The zero-order chi connectivity index (χ0) is 13.5. The van der Waals surface area contributed by atoms with Crippen molar-refractivity contribution in [2.45, 2.75) is 6.92 Å². The maximum atomic E-state index is 11.9. The van der Waals surface area contributed by atoms with Gasteiger partial charge >= 0.3 is 0 Å². The minimum Gasteiger partial charge on any atom is -0.347 e. The lowest BCUT2D eigenvalue weighted by Crippen LogP contribution is -2.50. The fraction of sp³-hybridized carbons (Fsp3) is 0.727. The van der Waals surface area contributed by atoms with Crippen molar-refractivity contribution in [3.05, 3.63) is 0 Å². The largest absolute Gasteiger partial charge is 0.347 e. The zero-order valence-corrected chi connectivity index (χ0v) is 10.9. The molecular formula is C11H20N4O3. The number of amides is 3. The molecule has 0 spiro atoms. The Morgan fingerprint density at radius 2 is 1.89 bits per heavy atom. The molecule has 1 rings (SSSR count). The molecule has 7 heteroatoms. The second-order valence-electron chi connectivity index (χ2n) is 4.29. The van der Waals surface area contributed by atoms with Crippen molar-refractivity contribution in [3.8, 4) is 0 Å². The Kier molecular flexibility index (Phi) is 5.57. The second kappa shape index (κ2) is 6.95. The standard InChI is InChI=1S/C11H20N4O3/c1-9(16)13-7-10(17)14(2)8-11(18)15-5-3-12-4-6-15/h12H,3-8H2,1-2H3,(H,13,16). The lowest BCUT2D eigenvalue weighted by atomic mass is 10.3. The normalized spacial score (nSPS) is 15.1. The van der Waals surface area contributed by atoms with Gasteiger partial charge in [0.05, 0.1) is 13.1 Å². The molecule has 18 heavy (non-hydrogen) atoms. The molecule has 0 atom stereocenters. The molecule has 0 aliphatic carbocycles. The number of nitrogens with zero attached hydrogens (tertiary/aromatic N) is 2. The number of piperazine rings is 1. The molecule has 102 valence electrons. The molecule has 0 aromatic heterocycles. The summed E-state index contributed by atoms with van der Waals surface area (Å²) in [5.74, 6) is -0.589. The molecule has 3 amide bonds. The summed E-state index contributed by atoms with van der Waals surface area (Å²) in [6, 6.07) is 0. The molecule has 0 radical (unpaired) electrons. The summed E-state index contributed by atoms with van der Waals surface area (Å²) in [5.41, 5.74) is 0. The van der Waals surface area contributed by atoms with Gasteiger partial charge in [0.2, 0.25) is 17.7 Å². The number of carbonyl (C=O) groups excluding carboxylic acids is 3. The average molecular weight is 256 g/mol. The predicted octanol–water partition coefficient (Wildman–Crippen LogP) is -1.99. The molecule has 0 aromatic carbocycles. The van der Waals surface area contributed by atoms with E-state index in [4.69, 9.17) is 0 Å². The summed E-state index contributed by atoms with van der Waals surface area (Å²) in [7, 11) is 1.56. The molecule has 1 saturated heterocycles. The van der Waals surface area contributed by atoms with Crippen molar-refractivity contribution in [1.82, 2.24) is 20.4 Å². The third kappa shape index (κ3) is 4.70. The average Bonchev–Trinajstić information content (AvgIpc) is 2.36. The van der Waals surface area contributed by atoms with Crippen molar-refractivity contribution in [3.63, 3.8) is 0 Å². The number of rotatable bonds is 4. The molecule has 0 saturated carbocycles. The Morgan fingerprint density at radius 3 is 2.44 bits per heavy atom. The Bertz CT molecular complexity index is 326. The van der Waals surface area contributed by atoms with E-state index in [0.29, 0.717) is 13.1 Å². The van der Waals surface area contributed by atoms with Crippen LogP contribution in [0.5, 0.6) is 0 Å².